The Labute approximate surface area is 97.8 Å². The van der Waals surface area contributed by atoms with Crippen LogP contribution in [-0.4, -0.2) is 15.2 Å². The molecule has 0 radical (unpaired) electrons. The number of halogens is 3. The third-order valence-corrected chi connectivity index (χ3v) is 2.51. The maximum atomic E-state index is 13.0. The van der Waals surface area contributed by atoms with E-state index in [9.17, 15) is 18.4 Å². The molecule has 1 N–H and O–H groups in total. The second-order valence-electron chi connectivity index (χ2n) is 3.27. The molecule has 0 unspecified atom stereocenters. The van der Waals surface area contributed by atoms with Crippen molar-refractivity contribution in [3.8, 4) is 0 Å². The summed E-state index contributed by atoms with van der Waals surface area (Å²) in [6.07, 6.45) is 0.839. The number of benzene rings is 1. The Balaban J connectivity index is 2.99. The second-order valence-corrected chi connectivity index (χ2v) is 3.64. The number of carbonyl (C=O) groups is 1. The molecule has 88 valence electrons. The molecule has 0 aliphatic heterocycles. The van der Waals surface area contributed by atoms with E-state index >= 15 is 0 Å². The van der Waals surface area contributed by atoms with Crippen molar-refractivity contribution in [2.45, 2.75) is 0 Å². The minimum absolute atomic E-state index is 0.0967. The summed E-state index contributed by atoms with van der Waals surface area (Å²) >= 11 is 5.63. The highest BCUT2D eigenvalue weighted by atomic mass is 35.5. The Bertz CT molecular complexity index is 696. The molecule has 1 aromatic carbocycles. The Morgan fingerprint density at radius 2 is 1.88 bits per heavy atom. The zero-order chi connectivity index (χ0) is 12.7. The van der Waals surface area contributed by atoms with Gasteiger partial charge in [0, 0.05) is 24.0 Å². The number of hydrogen-bond acceptors (Lipinski definition) is 2. The first-order valence-electron chi connectivity index (χ1n) is 4.35. The molecule has 2 aromatic rings. The lowest BCUT2D eigenvalue weighted by molar-refractivity contribution is 0.0695. The fourth-order valence-electron chi connectivity index (χ4n) is 1.43. The predicted molar refractivity (Wildman–Crippen MR) is 56.3 cm³/mol. The van der Waals surface area contributed by atoms with Crippen LogP contribution in [0.5, 0.6) is 0 Å². The number of aromatic carboxylic acids is 1. The number of fused-ring (bicyclic) bond motifs is 1. The van der Waals surface area contributed by atoms with Gasteiger partial charge in [-0.25, -0.2) is 13.6 Å². The van der Waals surface area contributed by atoms with Gasteiger partial charge in [0.1, 0.15) is 5.56 Å². The third kappa shape index (κ3) is 1.76. The van der Waals surface area contributed by atoms with E-state index in [4.69, 9.17) is 16.9 Å². The number of hydrogen-bond donors (Lipinski definition) is 1. The van der Waals surface area contributed by atoms with Gasteiger partial charge in [0.25, 0.3) is 0 Å². The summed E-state index contributed by atoms with van der Waals surface area (Å²) in [5, 5.41) is 8.44. The number of nitrogens with zero attached hydrogens (tertiary/aromatic N) is 1. The maximum Gasteiger partial charge on any atom is 0.341 e. The van der Waals surface area contributed by atoms with E-state index < -0.39 is 28.6 Å². The average Bonchev–Trinajstić information content (AvgIpc) is 2.25. The van der Waals surface area contributed by atoms with Crippen molar-refractivity contribution in [3.63, 3.8) is 0 Å². The van der Waals surface area contributed by atoms with Crippen LogP contribution in [0.3, 0.4) is 0 Å². The topological polar surface area (TPSA) is 59.3 Å². The van der Waals surface area contributed by atoms with E-state index in [1.807, 2.05) is 0 Å². The largest absolute Gasteiger partial charge is 0.477 e. The molecule has 0 saturated carbocycles. The summed E-state index contributed by atoms with van der Waals surface area (Å²) < 4.78 is 26.7. The summed E-state index contributed by atoms with van der Waals surface area (Å²) in [7, 11) is 0. The van der Waals surface area contributed by atoms with Crippen molar-refractivity contribution in [1.82, 2.24) is 4.09 Å². The number of carboxylic acid groups (broad SMARTS) is 1. The maximum absolute atomic E-state index is 13.0. The standard InChI is InChI=1S/C10H4ClF2NO3/c11-14-3-5(10(16)17)9(15)4-1-6(12)7(13)2-8(4)14/h1-3H,(H,16,17). The van der Waals surface area contributed by atoms with Gasteiger partial charge in [0.2, 0.25) is 5.43 Å². The van der Waals surface area contributed by atoms with Gasteiger partial charge >= 0.3 is 5.97 Å². The molecule has 0 amide bonds. The SMILES string of the molecule is O=C(O)c1cn(Cl)c2cc(F)c(F)cc2c1=O. The molecule has 0 aliphatic rings. The monoisotopic (exact) mass is 259 g/mol. The number of pyridine rings is 1. The van der Waals surface area contributed by atoms with Gasteiger partial charge < -0.3 is 5.11 Å². The normalized spacial score (nSPS) is 10.8. The van der Waals surface area contributed by atoms with Crippen LogP contribution in [0, 0.1) is 11.6 Å². The Morgan fingerprint density at radius 1 is 1.29 bits per heavy atom. The average molecular weight is 260 g/mol. The summed E-state index contributed by atoms with van der Waals surface area (Å²) in [6.45, 7) is 0. The summed E-state index contributed by atoms with van der Waals surface area (Å²) in [4.78, 5) is 22.4. The lowest BCUT2D eigenvalue weighted by atomic mass is 10.1. The molecule has 0 atom stereocenters. The first-order chi connectivity index (χ1) is 7.91. The Kier molecular flexibility index (Phi) is 2.59. The highest BCUT2D eigenvalue weighted by Gasteiger charge is 2.16. The quantitative estimate of drug-likeness (QED) is 0.852. The van der Waals surface area contributed by atoms with Crippen molar-refractivity contribution in [2.75, 3.05) is 0 Å². The van der Waals surface area contributed by atoms with E-state index in [0.717, 1.165) is 16.3 Å². The Hall–Kier alpha value is -1.95. The zero-order valence-corrected chi connectivity index (χ0v) is 8.83. The molecule has 1 heterocycles. The lowest BCUT2D eigenvalue weighted by Gasteiger charge is -2.05. The fourth-order valence-corrected chi connectivity index (χ4v) is 1.67. The number of carboxylic acids is 1. The molecular formula is C10H4ClF2NO3. The van der Waals surface area contributed by atoms with Crippen LogP contribution in [0.4, 0.5) is 8.78 Å². The van der Waals surface area contributed by atoms with Gasteiger partial charge in [0.05, 0.1) is 10.9 Å². The lowest BCUT2D eigenvalue weighted by Crippen LogP contribution is -2.17. The van der Waals surface area contributed by atoms with Crippen molar-refractivity contribution < 1.29 is 18.7 Å². The second kappa shape index (κ2) is 3.81. The molecule has 2 rings (SSSR count). The molecular weight excluding hydrogens is 256 g/mol. The molecule has 17 heavy (non-hydrogen) atoms. The van der Waals surface area contributed by atoms with Crippen LogP contribution in [0.25, 0.3) is 10.9 Å². The first-order valence-corrected chi connectivity index (χ1v) is 4.69. The van der Waals surface area contributed by atoms with E-state index in [1.165, 1.54) is 0 Å². The summed E-state index contributed by atoms with van der Waals surface area (Å²) in [5.74, 6) is -3.90. The highest BCUT2D eigenvalue weighted by Crippen LogP contribution is 2.17. The molecule has 1 aromatic heterocycles. The number of aromatic nitrogens is 1. The van der Waals surface area contributed by atoms with Crippen LogP contribution in [0.2, 0.25) is 0 Å². The fraction of sp³-hybridized carbons (Fsp3) is 0. The molecule has 0 fully saturated rings. The van der Waals surface area contributed by atoms with Crippen molar-refractivity contribution in [1.29, 1.82) is 0 Å². The van der Waals surface area contributed by atoms with Crippen LogP contribution < -0.4 is 5.43 Å². The van der Waals surface area contributed by atoms with E-state index in [-0.39, 0.29) is 10.9 Å². The molecule has 0 saturated heterocycles. The van der Waals surface area contributed by atoms with Gasteiger partial charge in [-0.15, -0.1) is 0 Å². The van der Waals surface area contributed by atoms with Crippen LogP contribution in [0.1, 0.15) is 10.4 Å². The molecule has 7 heteroatoms. The highest BCUT2D eigenvalue weighted by molar-refractivity contribution is 6.19. The van der Waals surface area contributed by atoms with Crippen LogP contribution >= 0.6 is 11.8 Å². The van der Waals surface area contributed by atoms with Gasteiger partial charge in [-0.05, 0) is 6.07 Å². The Morgan fingerprint density at radius 3 is 2.47 bits per heavy atom. The molecule has 0 bridgehead atoms. The van der Waals surface area contributed by atoms with Crippen LogP contribution in [0.15, 0.2) is 23.1 Å². The van der Waals surface area contributed by atoms with Crippen molar-refractivity contribution in [3.05, 3.63) is 45.8 Å². The van der Waals surface area contributed by atoms with Gasteiger partial charge in [-0.3, -0.25) is 8.88 Å². The number of rotatable bonds is 1. The van der Waals surface area contributed by atoms with Crippen LogP contribution in [-0.2, 0) is 0 Å². The molecule has 4 nitrogen and oxygen atoms in total. The van der Waals surface area contributed by atoms with E-state index in [2.05, 4.69) is 0 Å². The minimum Gasteiger partial charge on any atom is -0.477 e. The minimum atomic E-state index is -1.49. The third-order valence-electron chi connectivity index (χ3n) is 2.23. The molecule has 0 aliphatic carbocycles. The molecule has 0 spiro atoms. The first kappa shape index (κ1) is 11.5. The van der Waals surface area contributed by atoms with Gasteiger partial charge in [0.15, 0.2) is 11.6 Å². The summed E-state index contributed by atoms with van der Waals surface area (Å²) in [5.41, 5.74) is -1.62. The smallest absolute Gasteiger partial charge is 0.341 e. The predicted octanol–water partition coefficient (Wildman–Crippen LogP) is 1.98. The van der Waals surface area contributed by atoms with Crippen molar-refractivity contribution in [2.24, 2.45) is 0 Å². The summed E-state index contributed by atoms with van der Waals surface area (Å²) in [6, 6.07) is 1.35. The zero-order valence-electron chi connectivity index (χ0n) is 8.08. The van der Waals surface area contributed by atoms with E-state index in [1.54, 1.807) is 0 Å². The van der Waals surface area contributed by atoms with Crippen molar-refractivity contribution >= 4 is 28.6 Å². The van der Waals surface area contributed by atoms with E-state index in [0.29, 0.717) is 6.07 Å². The van der Waals surface area contributed by atoms with Gasteiger partial charge in [-0.2, -0.15) is 0 Å². The van der Waals surface area contributed by atoms with Gasteiger partial charge in [-0.1, -0.05) is 0 Å².